The Morgan fingerprint density at radius 3 is 2.82 bits per heavy atom. The van der Waals surface area contributed by atoms with Gasteiger partial charge in [0.25, 0.3) is 5.91 Å². The van der Waals surface area contributed by atoms with Gasteiger partial charge in [0.2, 0.25) is 10.0 Å². The molecular weight excluding hydrogens is 404 g/mol. The summed E-state index contributed by atoms with van der Waals surface area (Å²) in [6.07, 6.45) is 2.21. The molecule has 1 heterocycles. The zero-order chi connectivity index (χ0) is 20.9. The third kappa shape index (κ3) is 5.33. The Kier molecular flexibility index (Phi) is 7.63. The molecule has 0 spiro atoms. The zero-order valence-electron chi connectivity index (χ0n) is 16.0. The van der Waals surface area contributed by atoms with Gasteiger partial charge in [0, 0.05) is 19.6 Å². The van der Waals surface area contributed by atoms with E-state index in [0.717, 1.165) is 12.8 Å². The van der Waals surface area contributed by atoms with E-state index < -0.39 is 28.0 Å². The van der Waals surface area contributed by atoms with Crippen LogP contribution in [0.3, 0.4) is 0 Å². The topological polar surface area (TPSA) is 92.8 Å². The molecule has 0 bridgehead atoms. The molecule has 9 heteroatoms. The third-order valence-electron chi connectivity index (χ3n) is 4.48. The van der Waals surface area contributed by atoms with E-state index in [9.17, 15) is 18.0 Å². The van der Waals surface area contributed by atoms with Crippen LogP contribution in [0.1, 0.15) is 37.0 Å². The number of piperidine rings is 1. The normalized spacial score (nSPS) is 18.9. The molecule has 1 N–H and O–H groups in total. The molecule has 28 heavy (non-hydrogen) atoms. The Hall–Kier alpha value is -1.90. The fraction of sp³-hybridized carbons (Fsp3) is 0.474. The summed E-state index contributed by atoms with van der Waals surface area (Å²) in [6, 6.07) is 3.92. The van der Waals surface area contributed by atoms with E-state index in [1.165, 1.54) is 35.5 Å². The van der Waals surface area contributed by atoms with E-state index in [1.54, 1.807) is 0 Å². The summed E-state index contributed by atoms with van der Waals surface area (Å²) in [6.45, 7) is 7.99. The van der Waals surface area contributed by atoms with Crippen molar-refractivity contribution in [3.8, 4) is 0 Å². The number of ether oxygens (including phenoxy) is 1. The van der Waals surface area contributed by atoms with Gasteiger partial charge in [0.1, 0.15) is 4.90 Å². The number of rotatable bonds is 7. The summed E-state index contributed by atoms with van der Waals surface area (Å²) in [5.41, 5.74) is 0.0106. The van der Waals surface area contributed by atoms with Crippen molar-refractivity contribution < 1.29 is 22.7 Å². The average molecular weight is 429 g/mol. The summed E-state index contributed by atoms with van der Waals surface area (Å²) in [5.74, 6) is -1.02. The van der Waals surface area contributed by atoms with Crippen molar-refractivity contribution in [3.05, 3.63) is 41.4 Å². The largest absolute Gasteiger partial charge is 0.449 e. The molecule has 1 amide bonds. The van der Waals surface area contributed by atoms with Crippen LogP contribution < -0.4 is 5.32 Å². The Bertz CT molecular complexity index is 856. The molecule has 1 aliphatic heterocycles. The molecule has 0 aliphatic carbocycles. The lowest BCUT2D eigenvalue weighted by Gasteiger charge is -2.30. The first-order valence-electron chi connectivity index (χ1n) is 9.06. The molecule has 1 aromatic rings. The van der Waals surface area contributed by atoms with E-state index >= 15 is 0 Å². The fourth-order valence-electron chi connectivity index (χ4n) is 2.93. The SMILES string of the molecule is C=CCNC(=O)C(C)OC(=O)c1ccc(Cl)c(S(=O)(=O)N2CCCC(C)C2)c1. The van der Waals surface area contributed by atoms with Gasteiger partial charge in [-0.15, -0.1) is 6.58 Å². The highest BCUT2D eigenvalue weighted by Gasteiger charge is 2.31. The first kappa shape index (κ1) is 22.4. The Morgan fingerprint density at radius 2 is 2.18 bits per heavy atom. The van der Waals surface area contributed by atoms with Crippen LogP contribution in [0.2, 0.25) is 5.02 Å². The lowest BCUT2D eigenvalue weighted by atomic mass is 10.0. The highest BCUT2D eigenvalue weighted by atomic mass is 35.5. The molecule has 154 valence electrons. The van der Waals surface area contributed by atoms with Crippen LogP contribution in [0.5, 0.6) is 0 Å². The standard InChI is InChI=1S/C19H25ClN2O5S/c1-4-9-21-18(23)14(3)27-19(24)15-7-8-16(20)17(11-15)28(25,26)22-10-5-6-13(2)12-22/h4,7-8,11,13-14H,1,5-6,9-10,12H2,2-3H3,(H,21,23). The highest BCUT2D eigenvalue weighted by molar-refractivity contribution is 7.89. The number of nitrogens with zero attached hydrogens (tertiary/aromatic N) is 1. The van der Waals surface area contributed by atoms with Crippen LogP contribution >= 0.6 is 11.6 Å². The lowest BCUT2D eigenvalue weighted by Crippen LogP contribution is -2.39. The zero-order valence-corrected chi connectivity index (χ0v) is 17.6. The first-order valence-corrected chi connectivity index (χ1v) is 10.9. The number of nitrogens with one attached hydrogen (secondary N) is 1. The number of esters is 1. The molecule has 2 rings (SSSR count). The molecule has 1 fully saturated rings. The lowest BCUT2D eigenvalue weighted by molar-refractivity contribution is -0.128. The van der Waals surface area contributed by atoms with Crippen LogP contribution in [0.15, 0.2) is 35.7 Å². The van der Waals surface area contributed by atoms with Gasteiger partial charge in [-0.05, 0) is 43.9 Å². The summed E-state index contributed by atoms with van der Waals surface area (Å²) in [7, 11) is -3.84. The van der Waals surface area contributed by atoms with Gasteiger partial charge >= 0.3 is 5.97 Å². The second kappa shape index (κ2) is 9.54. The maximum atomic E-state index is 13.0. The van der Waals surface area contributed by atoms with Crippen LogP contribution in [0.25, 0.3) is 0 Å². The molecule has 1 aliphatic rings. The van der Waals surface area contributed by atoms with E-state index in [-0.39, 0.29) is 27.9 Å². The van der Waals surface area contributed by atoms with Crippen LogP contribution in [-0.2, 0) is 19.6 Å². The number of carbonyl (C=O) groups excluding carboxylic acids is 2. The van der Waals surface area contributed by atoms with Gasteiger partial charge in [-0.1, -0.05) is 24.6 Å². The van der Waals surface area contributed by atoms with E-state index in [0.29, 0.717) is 13.1 Å². The van der Waals surface area contributed by atoms with Crippen LogP contribution in [0.4, 0.5) is 0 Å². The number of benzene rings is 1. The smallest absolute Gasteiger partial charge is 0.338 e. The predicted octanol–water partition coefficient (Wildman–Crippen LogP) is 2.61. The van der Waals surface area contributed by atoms with Gasteiger partial charge in [-0.2, -0.15) is 4.31 Å². The second-order valence-corrected chi connectivity index (χ2v) is 9.15. The number of hydrogen-bond donors (Lipinski definition) is 1. The van der Waals surface area contributed by atoms with Crippen molar-refractivity contribution in [1.82, 2.24) is 9.62 Å². The summed E-state index contributed by atoms with van der Waals surface area (Å²) in [5, 5.41) is 2.56. The number of halogens is 1. The van der Waals surface area contributed by atoms with Gasteiger partial charge in [0.15, 0.2) is 6.10 Å². The summed E-state index contributed by atoms with van der Waals surface area (Å²) in [4.78, 5) is 24.1. The highest BCUT2D eigenvalue weighted by Crippen LogP contribution is 2.29. The minimum absolute atomic E-state index is 0.0106. The van der Waals surface area contributed by atoms with Crippen molar-refractivity contribution in [2.24, 2.45) is 5.92 Å². The number of amides is 1. The average Bonchev–Trinajstić information content (AvgIpc) is 2.66. The van der Waals surface area contributed by atoms with Crippen LogP contribution in [0, 0.1) is 5.92 Å². The van der Waals surface area contributed by atoms with E-state index in [4.69, 9.17) is 16.3 Å². The molecule has 2 atom stereocenters. The number of sulfonamides is 1. The molecule has 1 aromatic carbocycles. The molecule has 0 radical (unpaired) electrons. The van der Waals surface area contributed by atoms with Gasteiger partial charge in [0.05, 0.1) is 10.6 Å². The summed E-state index contributed by atoms with van der Waals surface area (Å²) >= 11 is 6.12. The molecule has 0 aromatic heterocycles. The maximum absolute atomic E-state index is 13.0. The monoisotopic (exact) mass is 428 g/mol. The third-order valence-corrected chi connectivity index (χ3v) is 6.82. The minimum Gasteiger partial charge on any atom is -0.449 e. The van der Waals surface area contributed by atoms with Crippen molar-refractivity contribution in [2.45, 2.75) is 37.7 Å². The fourth-order valence-corrected chi connectivity index (χ4v) is 5.03. The van der Waals surface area contributed by atoms with Crippen molar-refractivity contribution in [2.75, 3.05) is 19.6 Å². The quantitative estimate of drug-likeness (QED) is 0.532. The van der Waals surface area contributed by atoms with Crippen molar-refractivity contribution in [3.63, 3.8) is 0 Å². The van der Waals surface area contributed by atoms with E-state index in [2.05, 4.69) is 11.9 Å². The minimum atomic E-state index is -3.84. The molecule has 2 unspecified atom stereocenters. The van der Waals surface area contributed by atoms with Crippen molar-refractivity contribution in [1.29, 1.82) is 0 Å². The summed E-state index contributed by atoms with van der Waals surface area (Å²) < 4.78 is 32.5. The first-order chi connectivity index (χ1) is 13.2. The van der Waals surface area contributed by atoms with Gasteiger partial charge < -0.3 is 10.1 Å². The molecule has 1 saturated heterocycles. The van der Waals surface area contributed by atoms with E-state index in [1.807, 2.05) is 6.92 Å². The van der Waals surface area contributed by atoms with Crippen LogP contribution in [-0.4, -0.2) is 50.3 Å². The predicted molar refractivity (Wildman–Crippen MR) is 107 cm³/mol. The van der Waals surface area contributed by atoms with Gasteiger partial charge in [-0.25, -0.2) is 13.2 Å². The Labute approximate surface area is 170 Å². The molecular formula is C19H25ClN2O5S. The van der Waals surface area contributed by atoms with Gasteiger partial charge in [-0.3, -0.25) is 4.79 Å². The Morgan fingerprint density at radius 1 is 1.46 bits per heavy atom. The second-order valence-electron chi connectivity index (χ2n) is 6.84. The molecule has 7 nitrogen and oxygen atoms in total. The van der Waals surface area contributed by atoms with Crippen molar-refractivity contribution >= 4 is 33.5 Å². The maximum Gasteiger partial charge on any atom is 0.338 e. The number of carbonyl (C=O) groups is 2. The molecule has 0 saturated carbocycles. The Balaban J connectivity index is 2.21. The number of hydrogen-bond acceptors (Lipinski definition) is 5.